The Morgan fingerprint density at radius 1 is 1.08 bits per heavy atom. The van der Waals surface area contributed by atoms with Crippen molar-refractivity contribution < 1.29 is 39.1 Å². The van der Waals surface area contributed by atoms with E-state index in [-0.39, 0.29) is 53.7 Å². The van der Waals surface area contributed by atoms with Crippen molar-refractivity contribution in [2.45, 2.75) is 121 Å². The molecule has 1 saturated heterocycles. The van der Waals surface area contributed by atoms with Crippen LogP contribution in [0.2, 0.25) is 0 Å². The van der Waals surface area contributed by atoms with E-state index in [9.17, 15) is 20.1 Å². The fraction of sp³-hybridized carbons (Fsp3) is 0.900. The topological polar surface area (TPSA) is 115 Å². The summed E-state index contributed by atoms with van der Waals surface area (Å²) < 4.78 is 23.1. The predicted octanol–water partition coefficient (Wildman–Crippen LogP) is 3.11. The molecule has 2 heterocycles. The number of carbonyl (C=O) groups is 1. The van der Waals surface area contributed by atoms with E-state index < -0.39 is 23.2 Å². The van der Waals surface area contributed by atoms with Crippen molar-refractivity contribution in [3.8, 4) is 0 Å². The molecule has 0 radical (unpaired) electrons. The molecule has 38 heavy (non-hydrogen) atoms. The number of cyclic esters (lactones) is 1. The van der Waals surface area contributed by atoms with Gasteiger partial charge >= 0.3 is 5.97 Å². The Balaban J connectivity index is 1.18. The number of rotatable bonds is 4. The molecule has 3 N–H and O–H groups in total. The molecule has 6 aliphatic rings. The first kappa shape index (κ1) is 27.2. The molecule has 2 aliphatic heterocycles. The first-order chi connectivity index (χ1) is 18.0. The highest BCUT2D eigenvalue weighted by Crippen LogP contribution is 2.70. The monoisotopic (exact) mass is 534 g/mol. The number of carbonyl (C=O) groups excluding carboxylic acids is 1. The number of esters is 1. The second-order valence-electron chi connectivity index (χ2n) is 13.7. The second-order valence-corrected chi connectivity index (χ2v) is 13.7. The van der Waals surface area contributed by atoms with Crippen molar-refractivity contribution in [3.05, 3.63) is 11.6 Å². The maximum atomic E-state index is 12.4. The lowest BCUT2D eigenvalue weighted by atomic mass is 9.42. The van der Waals surface area contributed by atoms with Crippen LogP contribution >= 0.6 is 0 Å². The standard InChI is InChI=1S/C30H46O8/c1-16-27(33)23(35-4)13-25(37-16)38-19-7-9-28(2)18(12-19)5-6-21-26(28)22(31)14-29(3)20(8-10-30(21,29)34)17-11-24(32)36-15-17/h11,16,18-23,25-27,31,33-34H,5-10,12-15H2,1-4H3/t16-,18+,19-,20+,21+,22+,23-,25-,26+,27+,28-,29+,30-/m0/s1. The van der Waals surface area contributed by atoms with Crippen LogP contribution in [0.4, 0.5) is 0 Å². The molecule has 5 fully saturated rings. The van der Waals surface area contributed by atoms with E-state index in [1.807, 2.05) is 6.92 Å². The Morgan fingerprint density at radius 3 is 2.58 bits per heavy atom. The number of aliphatic hydroxyl groups excluding tert-OH is 2. The van der Waals surface area contributed by atoms with Crippen LogP contribution in [-0.4, -0.2) is 77.4 Å². The van der Waals surface area contributed by atoms with Gasteiger partial charge in [-0.2, -0.15) is 0 Å². The van der Waals surface area contributed by atoms with E-state index >= 15 is 0 Å². The molecular formula is C30H46O8. The third-order valence-corrected chi connectivity index (χ3v) is 12.2. The van der Waals surface area contributed by atoms with E-state index in [4.69, 9.17) is 18.9 Å². The minimum Gasteiger partial charge on any atom is -0.458 e. The Kier molecular flexibility index (Phi) is 6.80. The van der Waals surface area contributed by atoms with Gasteiger partial charge in [0, 0.05) is 25.0 Å². The lowest BCUT2D eigenvalue weighted by molar-refractivity contribution is -0.278. The summed E-state index contributed by atoms with van der Waals surface area (Å²) in [5.74, 6) is 0.285. The van der Waals surface area contributed by atoms with Gasteiger partial charge in [0.1, 0.15) is 12.7 Å². The molecule has 0 amide bonds. The molecule has 4 aliphatic carbocycles. The van der Waals surface area contributed by atoms with Crippen LogP contribution in [0.3, 0.4) is 0 Å². The van der Waals surface area contributed by atoms with Gasteiger partial charge in [-0.1, -0.05) is 13.8 Å². The molecule has 0 spiro atoms. The first-order valence-corrected chi connectivity index (χ1v) is 14.8. The van der Waals surface area contributed by atoms with Crippen molar-refractivity contribution in [1.29, 1.82) is 0 Å². The SMILES string of the molecule is CO[C@H]1C[C@H](O[C@H]2CC[C@@]3(C)[C@H](CC[C@@H]4[C@@H]3[C@H](O)C[C@]3(C)[C@@H](C5=CC(=O)OC5)CC[C@]43O)C2)O[C@@H](C)[C@H]1O. The van der Waals surface area contributed by atoms with E-state index in [1.165, 1.54) is 0 Å². The Bertz CT molecular complexity index is 968. The third-order valence-electron chi connectivity index (χ3n) is 12.2. The van der Waals surface area contributed by atoms with Crippen LogP contribution in [0.15, 0.2) is 11.6 Å². The molecule has 8 heteroatoms. The number of hydrogen-bond acceptors (Lipinski definition) is 8. The zero-order valence-corrected chi connectivity index (χ0v) is 23.3. The van der Waals surface area contributed by atoms with Crippen LogP contribution in [0, 0.1) is 34.5 Å². The Labute approximate surface area is 226 Å². The molecule has 6 rings (SSSR count). The van der Waals surface area contributed by atoms with Gasteiger partial charge in [-0.05, 0) is 93.0 Å². The third kappa shape index (κ3) is 3.96. The van der Waals surface area contributed by atoms with Crippen LogP contribution < -0.4 is 0 Å². The summed E-state index contributed by atoms with van der Waals surface area (Å²) in [6, 6.07) is 0. The first-order valence-electron chi connectivity index (χ1n) is 14.8. The summed E-state index contributed by atoms with van der Waals surface area (Å²) in [5, 5.41) is 34.5. The van der Waals surface area contributed by atoms with Gasteiger partial charge in [0.2, 0.25) is 0 Å². The smallest absolute Gasteiger partial charge is 0.331 e. The molecular weight excluding hydrogens is 488 g/mol. The highest BCUT2D eigenvalue weighted by atomic mass is 16.7. The van der Waals surface area contributed by atoms with Gasteiger partial charge in [-0.25, -0.2) is 4.79 Å². The molecule has 13 atom stereocenters. The van der Waals surface area contributed by atoms with Crippen molar-refractivity contribution in [3.63, 3.8) is 0 Å². The van der Waals surface area contributed by atoms with Crippen molar-refractivity contribution in [1.82, 2.24) is 0 Å². The molecule has 4 saturated carbocycles. The van der Waals surface area contributed by atoms with Gasteiger partial charge in [0.05, 0.1) is 30.0 Å². The molecule has 214 valence electrons. The number of aliphatic hydroxyl groups is 3. The molecule has 0 aromatic rings. The number of ether oxygens (including phenoxy) is 4. The van der Waals surface area contributed by atoms with Crippen LogP contribution in [0.25, 0.3) is 0 Å². The zero-order chi connectivity index (χ0) is 27.0. The lowest BCUT2D eigenvalue weighted by Gasteiger charge is -2.65. The molecule has 0 aromatic heterocycles. The summed E-state index contributed by atoms with van der Waals surface area (Å²) in [4.78, 5) is 11.8. The van der Waals surface area contributed by atoms with E-state index in [0.717, 1.165) is 44.1 Å². The summed E-state index contributed by atoms with van der Waals surface area (Å²) in [6.45, 7) is 6.65. The molecule has 0 unspecified atom stereocenters. The summed E-state index contributed by atoms with van der Waals surface area (Å²) in [5.41, 5.74) is -0.389. The van der Waals surface area contributed by atoms with Gasteiger partial charge in [0.15, 0.2) is 6.29 Å². The fourth-order valence-corrected chi connectivity index (χ4v) is 10.1. The molecule has 0 bridgehead atoms. The highest BCUT2D eigenvalue weighted by molar-refractivity contribution is 5.85. The van der Waals surface area contributed by atoms with Crippen LogP contribution in [0.5, 0.6) is 0 Å². The lowest BCUT2D eigenvalue weighted by Crippen LogP contribution is -2.66. The second kappa shape index (κ2) is 9.52. The maximum Gasteiger partial charge on any atom is 0.331 e. The fourth-order valence-electron chi connectivity index (χ4n) is 10.1. The summed E-state index contributed by atoms with van der Waals surface area (Å²) in [7, 11) is 1.62. The minimum absolute atomic E-state index is 0.0464. The summed E-state index contributed by atoms with van der Waals surface area (Å²) >= 11 is 0. The quantitative estimate of drug-likeness (QED) is 0.372. The average molecular weight is 535 g/mol. The van der Waals surface area contributed by atoms with Crippen LogP contribution in [0.1, 0.15) is 78.6 Å². The van der Waals surface area contributed by atoms with E-state index in [0.29, 0.717) is 31.8 Å². The number of fused-ring (bicyclic) bond motifs is 5. The van der Waals surface area contributed by atoms with Gasteiger partial charge in [-0.15, -0.1) is 0 Å². The van der Waals surface area contributed by atoms with Gasteiger partial charge in [-0.3, -0.25) is 0 Å². The van der Waals surface area contributed by atoms with E-state index in [1.54, 1.807) is 13.2 Å². The number of hydrogen-bond donors (Lipinski definition) is 3. The Morgan fingerprint density at radius 2 is 1.87 bits per heavy atom. The maximum absolute atomic E-state index is 12.4. The van der Waals surface area contributed by atoms with Crippen molar-refractivity contribution in [2.24, 2.45) is 34.5 Å². The summed E-state index contributed by atoms with van der Waals surface area (Å²) in [6.07, 6.45) is 6.83. The molecule has 8 nitrogen and oxygen atoms in total. The number of methoxy groups -OCH3 is 1. The highest BCUT2D eigenvalue weighted by Gasteiger charge is 2.70. The predicted molar refractivity (Wildman–Crippen MR) is 138 cm³/mol. The van der Waals surface area contributed by atoms with Crippen molar-refractivity contribution in [2.75, 3.05) is 13.7 Å². The minimum atomic E-state index is -0.850. The van der Waals surface area contributed by atoms with E-state index in [2.05, 4.69) is 13.8 Å². The molecule has 0 aromatic carbocycles. The van der Waals surface area contributed by atoms with Gasteiger partial charge < -0.3 is 34.3 Å². The Hall–Kier alpha value is -1.03. The zero-order valence-electron chi connectivity index (χ0n) is 23.3. The normalized spacial score (nSPS) is 54.5. The average Bonchev–Trinajstić information content (AvgIpc) is 3.41. The largest absolute Gasteiger partial charge is 0.458 e. The van der Waals surface area contributed by atoms with Gasteiger partial charge in [0.25, 0.3) is 0 Å². The van der Waals surface area contributed by atoms with Crippen molar-refractivity contribution >= 4 is 5.97 Å². The van der Waals surface area contributed by atoms with Crippen LogP contribution in [-0.2, 0) is 23.7 Å².